The van der Waals surface area contributed by atoms with E-state index in [2.05, 4.69) is 67.4 Å². The molecule has 0 unspecified atom stereocenters. The standard InChI is InChI=1S/C27H30N2O/c1-19-14-20(2)16-22(15-19)27-24(10-6-7-13-28)25-17-23(11-12-26(25)29-27)30-18-21-8-4-3-5-9-21/h3-5,8-9,11-12,14-17,29H,6-7,10,13,18,28H2,1-2H3. The maximum absolute atomic E-state index is 6.10. The van der Waals surface area contributed by atoms with Gasteiger partial charge in [0.2, 0.25) is 0 Å². The summed E-state index contributed by atoms with van der Waals surface area (Å²) in [5, 5.41) is 1.24. The molecule has 0 atom stereocenters. The van der Waals surface area contributed by atoms with Crippen LogP contribution in [0, 0.1) is 13.8 Å². The van der Waals surface area contributed by atoms with Crippen LogP contribution < -0.4 is 10.5 Å². The molecule has 0 fully saturated rings. The summed E-state index contributed by atoms with van der Waals surface area (Å²) in [5.41, 5.74) is 14.5. The molecule has 0 aliphatic carbocycles. The average Bonchev–Trinajstić information content (AvgIpc) is 3.10. The van der Waals surface area contributed by atoms with Crippen LogP contribution in [0.2, 0.25) is 0 Å². The van der Waals surface area contributed by atoms with Crippen molar-refractivity contribution in [1.29, 1.82) is 0 Å². The van der Waals surface area contributed by atoms with Crippen molar-refractivity contribution in [3.63, 3.8) is 0 Å². The van der Waals surface area contributed by atoms with E-state index in [9.17, 15) is 0 Å². The summed E-state index contributed by atoms with van der Waals surface area (Å²) >= 11 is 0. The third kappa shape index (κ3) is 4.58. The quantitative estimate of drug-likeness (QED) is 0.342. The Morgan fingerprint density at radius 2 is 1.63 bits per heavy atom. The molecule has 0 saturated carbocycles. The van der Waals surface area contributed by atoms with E-state index in [-0.39, 0.29) is 0 Å². The molecule has 0 radical (unpaired) electrons. The molecule has 0 amide bonds. The van der Waals surface area contributed by atoms with Crippen molar-refractivity contribution in [2.45, 2.75) is 39.7 Å². The zero-order chi connectivity index (χ0) is 20.9. The predicted octanol–water partition coefficient (Wildman–Crippen LogP) is 6.31. The molecule has 154 valence electrons. The number of fused-ring (bicyclic) bond motifs is 1. The second kappa shape index (κ2) is 9.19. The van der Waals surface area contributed by atoms with Gasteiger partial charge in [-0.15, -0.1) is 0 Å². The molecule has 0 bridgehead atoms. The Labute approximate surface area is 178 Å². The number of H-pyrrole nitrogens is 1. The van der Waals surface area contributed by atoms with Crippen LogP contribution in [0.3, 0.4) is 0 Å². The van der Waals surface area contributed by atoms with Crippen molar-refractivity contribution >= 4 is 10.9 Å². The van der Waals surface area contributed by atoms with Gasteiger partial charge in [-0.05, 0) is 86.7 Å². The fourth-order valence-electron chi connectivity index (χ4n) is 4.13. The number of ether oxygens (including phenoxy) is 1. The van der Waals surface area contributed by atoms with E-state index in [0.29, 0.717) is 6.61 Å². The number of hydrogen-bond acceptors (Lipinski definition) is 2. The minimum atomic E-state index is 0.573. The van der Waals surface area contributed by atoms with Gasteiger partial charge in [-0.2, -0.15) is 0 Å². The third-order valence-corrected chi connectivity index (χ3v) is 5.52. The lowest BCUT2D eigenvalue weighted by molar-refractivity contribution is 0.306. The van der Waals surface area contributed by atoms with Crippen LogP contribution in [0.25, 0.3) is 22.2 Å². The zero-order valence-electron chi connectivity index (χ0n) is 17.9. The fraction of sp³-hybridized carbons (Fsp3) is 0.259. The molecular weight excluding hydrogens is 368 g/mol. The maximum Gasteiger partial charge on any atom is 0.120 e. The Hall–Kier alpha value is -3.04. The maximum atomic E-state index is 6.10. The molecule has 3 heteroatoms. The number of hydrogen-bond donors (Lipinski definition) is 2. The summed E-state index contributed by atoms with van der Waals surface area (Å²) in [4.78, 5) is 3.68. The van der Waals surface area contributed by atoms with E-state index in [0.717, 1.165) is 37.1 Å². The minimum absolute atomic E-state index is 0.573. The molecule has 30 heavy (non-hydrogen) atoms. The van der Waals surface area contributed by atoms with E-state index >= 15 is 0 Å². The Morgan fingerprint density at radius 1 is 0.867 bits per heavy atom. The highest BCUT2D eigenvalue weighted by Gasteiger charge is 2.14. The molecule has 3 N–H and O–H groups in total. The van der Waals surface area contributed by atoms with Gasteiger partial charge in [0.05, 0.1) is 0 Å². The molecular formula is C27H30N2O. The van der Waals surface area contributed by atoms with E-state index in [1.807, 2.05) is 18.2 Å². The molecule has 0 spiro atoms. The van der Waals surface area contributed by atoms with Crippen molar-refractivity contribution < 1.29 is 4.74 Å². The molecule has 3 aromatic carbocycles. The van der Waals surface area contributed by atoms with Gasteiger partial charge in [-0.1, -0.05) is 47.5 Å². The Bertz CT molecular complexity index is 1110. The number of benzene rings is 3. The molecule has 0 aliphatic rings. The molecule has 1 heterocycles. The highest BCUT2D eigenvalue weighted by atomic mass is 16.5. The van der Waals surface area contributed by atoms with Gasteiger partial charge >= 0.3 is 0 Å². The lowest BCUT2D eigenvalue weighted by atomic mass is 9.98. The van der Waals surface area contributed by atoms with Crippen LogP contribution in [-0.4, -0.2) is 11.5 Å². The molecule has 3 nitrogen and oxygen atoms in total. The first-order valence-electron chi connectivity index (χ1n) is 10.7. The van der Waals surface area contributed by atoms with Crippen molar-refractivity contribution in [2.75, 3.05) is 6.54 Å². The van der Waals surface area contributed by atoms with Crippen molar-refractivity contribution in [3.05, 3.63) is 89.0 Å². The van der Waals surface area contributed by atoms with Gasteiger partial charge in [0.1, 0.15) is 12.4 Å². The lowest BCUT2D eigenvalue weighted by Gasteiger charge is -2.09. The molecule has 4 aromatic rings. The summed E-state index contributed by atoms with van der Waals surface area (Å²) in [6.45, 7) is 5.61. The van der Waals surface area contributed by atoms with Gasteiger partial charge in [0.25, 0.3) is 0 Å². The second-order valence-electron chi connectivity index (χ2n) is 8.08. The number of aryl methyl sites for hydroxylation is 3. The number of rotatable bonds is 8. The van der Waals surface area contributed by atoms with Crippen LogP contribution >= 0.6 is 0 Å². The Kier molecular flexibility index (Phi) is 6.20. The number of nitrogens with two attached hydrogens (primary N) is 1. The van der Waals surface area contributed by atoms with Crippen LogP contribution in [-0.2, 0) is 13.0 Å². The topological polar surface area (TPSA) is 51.0 Å². The Balaban J connectivity index is 1.71. The van der Waals surface area contributed by atoms with E-state index in [1.54, 1.807) is 0 Å². The SMILES string of the molecule is Cc1cc(C)cc(-c2[nH]c3ccc(OCc4ccccc4)cc3c2CCCCN)c1. The zero-order valence-corrected chi connectivity index (χ0v) is 17.9. The first kappa shape index (κ1) is 20.2. The normalized spacial score (nSPS) is 11.2. The molecule has 4 rings (SSSR count). The molecule has 0 aliphatic heterocycles. The van der Waals surface area contributed by atoms with Crippen molar-refractivity contribution in [3.8, 4) is 17.0 Å². The van der Waals surface area contributed by atoms with Crippen LogP contribution in [0.4, 0.5) is 0 Å². The van der Waals surface area contributed by atoms with Crippen molar-refractivity contribution in [2.24, 2.45) is 5.73 Å². The monoisotopic (exact) mass is 398 g/mol. The molecule has 0 saturated heterocycles. The highest BCUT2D eigenvalue weighted by molar-refractivity contribution is 5.92. The smallest absolute Gasteiger partial charge is 0.120 e. The van der Waals surface area contributed by atoms with Crippen LogP contribution in [0.1, 0.15) is 35.1 Å². The van der Waals surface area contributed by atoms with Gasteiger partial charge in [0, 0.05) is 16.6 Å². The number of unbranched alkanes of at least 4 members (excludes halogenated alkanes) is 1. The first-order chi connectivity index (χ1) is 14.6. The van der Waals surface area contributed by atoms with E-state index in [4.69, 9.17) is 10.5 Å². The largest absolute Gasteiger partial charge is 0.489 e. The van der Waals surface area contributed by atoms with Gasteiger partial charge in [-0.25, -0.2) is 0 Å². The van der Waals surface area contributed by atoms with Crippen LogP contribution in [0.15, 0.2) is 66.7 Å². The van der Waals surface area contributed by atoms with E-state index < -0.39 is 0 Å². The number of nitrogens with one attached hydrogen (secondary N) is 1. The van der Waals surface area contributed by atoms with Gasteiger partial charge in [0.15, 0.2) is 0 Å². The summed E-state index contributed by atoms with van der Waals surface area (Å²) in [7, 11) is 0. The minimum Gasteiger partial charge on any atom is -0.489 e. The first-order valence-corrected chi connectivity index (χ1v) is 10.7. The summed E-state index contributed by atoms with van der Waals surface area (Å²) in [6, 6.07) is 23.4. The summed E-state index contributed by atoms with van der Waals surface area (Å²) < 4.78 is 6.10. The van der Waals surface area contributed by atoms with E-state index in [1.165, 1.54) is 38.9 Å². The number of aromatic amines is 1. The van der Waals surface area contributed by atoms with Gasteiger partial charge in [-0.3, -0.25) is 0 Å². The third-order valence-electron chi connectivity index (χ3n) is 5.52. The fourth-order valence-corrected chi connectivity index (χ4v) is 4.13. The predicted molar refractivity (Wildman–Crippen MR) is 126 cm³/mol. The average molecular weight is 399 g/mol. The second-order valence-corrected chi connectivity index (χ2v) is 8.08. The van der Waals surface area contributed by atoms with Gasteiger partial charge < -0.3 is 15.5 Å². The van der Waals surface area contributed by atoms with Crippen molar-refractivity contribution in [1.82, 2.24) is 4.98 Å². The Morgan fingerprint density at radius 3 is 2.37 bits per heavy atom. The molecule has 1 aromatic heterocycles. The summed E-state index contributed by atoms with van der Waals surface area (Å²) in [6.07, 6.45) is 3.11. The lowest BCUT2D eigenvalue weighted by Crippen LogP contribution is -1.99. The number of aromatic nitrogens is 1. The van der Waals surface area contributed by atoms with Crippen LogP contribution in [0.5, 0.6) is 5.75 Å². The summed E-state index contributed by atoms with van der Waals surface area (Å²) in [5.74, 6) is 0.900. The highest BCUT2D eigenvalue weighted by Crippen LogP contribution is 2.34.